The van der Waals surface area contributed by atoms with E-state index in [2.05, 4.69) is 11.2 Å². The molecule has 0 aliphatic carbocycles. The molecule has 0 bridgehead atoms. The van der Waals surface area contributed by atoms with Crippen molar-refractivity contribution in [3.05, 3.63) is 35.4 Å². The van der Waals surface area contributed by atoms with Gasteiger partial charge in [-0.1, -0.05) is 18.2 Å². The molecule has 0 fully saturated rings. The second-order valence-electron chi connectivity index (χ2n) is 3.15. The standard InChI is InChI=1S/C12H14N2O/c1-2-3-8-14-9-10-6-4-5-7-11(10)12(13)15/h1,4-7,14H,3,8-9H2,(H2,13,15). The van der Waals surface area contributed by atoms with Crippen molar-refractivity contribution in [3.8, 4) is 12.3 Å². The van der Waals surface area contributed by atoms with Crippen LogP contribution in [0.15, 0.2) is 24.3 Å². The Bertz CT molecular complexity index is 379. The van der Waals surface area contributed by atoms with Gasteiger partial charge in [-0.3, -0.25) is 4.79 Å². The molecule has 15 heavy (non-hydrogen) atoms. The number of rotatable bonds is 5. The predicted molar refractivity (Wildman–Crippen MR) is 60.1 cm³/mol. The van der Waals surface area contributed by atoms with E-state index in [1.165, 1.54) is 0 Å². The molecule has 0 unspecified atom stereocenters. The first-order valence-electron chi connectivity index (χ1n) is 4.77. The number of nitrogens with two attached hydrogens (primary N) is 1. The Morgan fingerprint density at radius 2 is 2.20 bits per heavy atom. The van der Waals surface area contributed by atoms with Gasteiger partial charge < -0.3 is 11.1 Å². The van der Waals surface area contributed by atoms with Gasteiger partial charge in [0.1, 0.15) is 0 Å². The summed E-state index contributed by atoms with van der Waals surface area (Å²) in [6.45, 7) is 1.35. The zero-order chi connectivity index (χ0) is 11.1. The summed E-state index contributed by atoms with van der Waals surface area (Å²) in [6.07, 6.45) is 5.80. The number of carbonyl (C=O) groups excluding carboxylic acids is 1. The first kappa shape index (κ1) is 11.3. The van der Waals surface area contributed by atoms with Crippen LogP contribution in [0.1, 0.15) is 22.3 Å². The van der Waals surface area contributed by atoms with E-state index in [9.17, 15) is 4.79 Å². The van der Waals surface area contributed by atoms with Crippen molar-refractivity contribution in [2.45, 2.75) is 13.0 Å². The van der Waals surface area contributed by atoms with Gasteiger partial charge in [-0.25, -0.2) is 0 Å². The van der Waals surface area contributed by atoms with Crippen LogP contribution in [0.3, 0.4) is 0 Å². The van der Waals surface area contributed by atoms with Crippen LogP contribution in [0.25, 0.3) is 0 Å². The third-order valence-electron chi connectivity index (χ3n) is 2.04. The highest BCUT2D eigenvalue weighted by atomic mass is 16.1. The molecule has 0 saturated heterocycles. The van der Waals surface area contributed by atoms with Crippen LogP contribution in [0.2, 0.25) is 0 Å². The molecule has 3 heteroatoms. The maximum atomic E-state index is 11.1. The van der Waals surface area contributed by atoms with Gasteiger partial charge in [-0.05, 0) is 11.6 Å². The number of primary amides is 1. The van der Waals surface area contributed by atoms with Gasteiger partial charge in [0.25, 0.3) is 0 Å². The lowest BCUT2D eigenvalue weighted by Crippen LogP contribution is -2.19. The molecule has 0 spiro atoms. The van der Waals surface area contributed by atoms with E-state index in [1.807, 2.05) is 12.1 Å². The summed E-state index contributed by atoms with van der Waals surface area (Å²) in [4.78, 5) is 11.1. The van der Waals surface area contributed by atoms with Crippen LogP contribution < -0.4 is 11.1 Å². The van der Waals surface area contributed by atoms with E-state index in [0.717, 1.165) is 12.1 Å². The monoisotopic (exact) mass is 202 g/mol. The molecular weight excluding hydrogens is 188 g/mol. The molecule has 1 aromatic rings. The summed E-state index contributed by atoms with van der Waals surface area (Å²) in [5, 5.41) is 3.15. The minimum absolute atomic E-state index is 0.399. The lowest BCUT2D eigenvalue weighted by molar-refractivity contribution is 0.0999. The summed E-state index contributed by atoms with van der Waals surface area (Å²) in [7, 11) is 0. The highest BCUT2D eigenvalue weighted by Gasteiger charge is 2.05. The van der Waals surface area contributed by atoms with Gasteiger partial charge in [0.05, 0.1) is 0 Å². The number of nitrogens with one attached hydrogen (secondary N) is 1. The Hall–Kier alpha value is -1.79. The molecule has 78 valence electrons. The molecule has 3 N–H and O–H groups in total. The summed E-state index contributed by atoms with van der Waals surface area (Å²) in [6, 6.07) is 7.28. The van der Waals surface area contributed by atoms with Gasteiger partial charge in [-0.2, -0.15) is 0 Å². The number of amides is 1. The Balaban J connectivity index is 2.60. The molecule has 0 aliphatic heterocycles. The highest BCUT2D eigenvalue weighted by Crippen LogP contribution is 2.07. The van der Waals surface area contributed by atoms with Gasteiger partial charge in [-0.15, -0.1) is 12.3 Å². The van der Waals surface area contributed by atoms with Crippen molar-refractivity contribution >= 4 is 5.91 Å². The van der Waals surface area contributed by atoms with Crippen molar-refractivity contribution in [2.24, 2.45) is 5.73 Å². The van der Waals surface area contributed by atoms with E-state index in [4.69, 9.17) is 12.2 Å². The van der Waals surface area contributed by atoms with Crippen LogP contribution in [0, 0.1) is 12.3 Å². The Kier molecular flexibility index (Phi) is 4.39. The fourth-order valence-corrected chi connectivity index (χ4v) is 1.30. The minimum Gasteiger partial charge on any atom is -0.366 e. The van der Waals surface area contributed by atoms with Crippen molar-refractivity contribution in [3.63, 3.8) is 0 Å². The fourth-order valence-electron chi connectivity index (χ4n) is 1.30. The second kappa shape index (κ2) is 5.84. The average Bonchev–Trinajstić information content (AvgIpc) is 2.25. The van der Waals surface area contributed by atoms with Gasteiger partial charge >= 0.3 is 0 Å². The van der Waals surface area contributed by atoms with Gasteiger partial charge in [0.15, 0.2) is 0 Å². The van der Waals surface area contributed by atoms with Crippen LogP contribution in [0.4, 0.5) is 0 Å². The number of carbonyl (C=O) groups is 1. The van der Waals surface area contributed by atoms with Crippen molar-refractivity contribution in [1.82, 2.24) is 5.32 Å². The Morgan fingerprint density at radius 3 is 2.87 bits per heavy atom. The second-order valence-corrected chi connectivity index (χ2v) is 3.15. The molecule has 1 rings (SSSR count). The molecule has 1 amide bonds. The SMILES string of the molecule is C#CCCNCc1ccccc1C(N)=O. The normalized spacial score (nSPS) is 9.53. The fraction of sp³-hybridized carbons (Fsp3) is 0.250. The first-order chi connectivity index (χ1) is 7.25. The predicted octanol–water partition coefficient (Wildman–Crippen LogP) is 0.898. The van der Waals surface area contributed by atoms with E-state index >= 15 is 0 Å². The van der Waals surface area contributed by atoms with Crippen molar-refractivity contribution in [1.29, 1.82) is 0 Å². The van der Waals surface area contributed by atoms with Crippen molar-refractivity contribution in [2.75, 3.05) is 6.54 Å². The van der Waals surface area contributed by atoms with Crippen LogP contribution >= 0.6 is 0 Å². The van der Waals surface area contributed by atoms with Crippen LogP contribution in [-0.4, -0.2) is 12.5 Å². The third kappa shape index (κ3) is 3.45. The number of terminal acetylenes is 1. The van der Waals surface area contributed by atoms with E-state index in [-0.39, 0.29) is 0 Å². The maximum Gasteiger partial charge on any atom is 0.249 e. The van der Waals surface area contributed by atoms with Crippen LogP contribution in [-0.2, 0) is 6.54 Å². The first-order valence-corrected chi connectivity index (χ1v) is 4.77. The quantitative estimate of drug-likeness (QED) is 0.550. The lowest BCUT2D eigenvalue weighted by Gasteiger charge is -2.06. The molecule has 0 heterocycles. The summed E-state index contributed by atoms with van der Waals surface area (Å²) >= 11 is 0. The lowest BCUT2D eigenvalue weighted by atomic mass is 10.1. The number of hydrogen-bond acceptors (Lipinski definition) is 2. The largest absolute Gasteiger partial charge is 0.366 e. The highest BCUT2D eigenvalue weighted by molar-refractivity contribution is 5.94. The summed E-state index contributed by atoms with van der Waals surface area (Å²) in [5.41, 5.74) is 6.71. The molecule has 0 radical (unpaired) electrons. The van der Waals surface area contributed by atoms with E-state index in [1.54, 1.807) is 12.1 Å². The topological polar surface area (TPSA) is 55.1 Å². The van der Waals surface area contributed by atoms with Crippen molar-refractivity contribution < 1.29 is 4.79 Å². The molecule has 0 aromatic heterocycles. The van der Waals surface area contributed by atoms with Crippen LogP contribution in [0.5, 0.6) is 0 Å². The zero-order valence-electron chi connectivity index (χ0n) is 8.49. The molecular formula is C12H14N2O. The smallest absolute Gasteiger partial charge is 0.249 e. The molecule has 0 atom stereocenters. The van der Waals surface area contributed by atoms with Gasteiger partial charge in [0.2, 0.25) is 5.91 Å². The average molecular weight is 202 g/mol. The third-order valence-corrected chi connectivity index (χ3v) is 2.04. The van der Waals surface area contributed by atoms with Gasteiger partial charge in [0, 0.05) is 25.1 Å². The zero-order valence-corrected chi connectivity index (χ0v) is 8.49. The molecule has 0 aliphatic rings. The summed E-state index contributed by atoms with van der Waals surface area (Å²) in [5.74, 6) is 2.14. The molecule has 0 saturated carbocycles. The Morgan fingerprint density at radius 1 is 1.47 bits per heavy atom. The number of benzene rings is 1. The van der Waals surface area contributed by atoms with E-state index < -0.39 is 5.91 Å². The molecule has 3 nitrogen and oxygen atoms in total. The summed E-state index contributed by atoms with van der Waals surface area (Å²) < 4.78 is 0. The Labute approximate surface area is 89.7 Å². The maximum absolute atomic E-state index is 11.1. The minimum atomic E-state index is -0.399. The molecule has 1 aromatic carbocycles. The number of hydrogen-bond donors (Lipinski definition) is 2. The van der Waals surface area contributed by atoms with E-state index in [0.29, 0.717) is 18.5 Å².